The van der Waals surface area contributed by atoms with Gasteiger partial charge in [-0.3, -0.25) is 0 Å². The molecule has 0 unspecified atom stereocenters. The third-order valence-corrected chi connectivity index (χ3v) is 7.23. The molecule has 2 aliphatic rings. The first kappa shape index (κ1) is 20.4. The van der Waals surface area contributed by atoms with E-state index >= 15 is 0 Å². The first-order chi connectivity index (χ1) is 10.6. The third kappa shape index (κ3) is 6.10. The smallest absolute Gasteiger partial charge is 0.162 e. The average Bonchev–Trinajstić information content (AvgIpc) is 2.55. The predicted octanol–water partition coefficient (Wildman–Crippen LogP) is 5.40. The molecule has 2 saturated carbocycles. The summed E-state index contributed by atoms with van der Waals surface area (Å²) >= 11 is 3.91. The summed E-state index contributed by atoms with van der Waals surface area (Å²) in [6.45, 7) is 6.23. The van der Waals surface area contributed by atoms with E-state index in [2.05, 4.69) is 13.2 Å². The van der Waals surface area contributed by atoms with E-state index in [1.165, 1.54) is 31.4 Å². The van der Waals surface area contributed by atoms with E-state index in [-0.39, 0.29) is 0 Å². The standard InChI is InChI=1S/C16H28O2S2.C2H6/c1-3-20-15(19-2)14-6-4-12(5-7-14)13-8-10-16(17,18)11-9-13;1-2/h12-13,17-18H,3-11H2,1-2H3;1-2H3. The van der Waals surface area contributed by atoms with Crippen molar-refractivity contribution in [2.45, 2.75) is 77.9 Å². The van der Waals surface area contributed by atoms with E-state index in [1.807, 2.05) is 37.4 Å². The fraction of sp³-hybridized carbons (Fsp3) is 0.889. The van der Waals surface area contributed by atoms with Crippen molar-refractivity contribution in [1.82, 2.24) is 0 Å². The Labute approximate surface area is 145 Å². The van der Waals surface area contributed by atoms with Crippen LogP contribution in [0.1, 0.15) is 72.1 Å². The maximum absolute atomic E-state index is 9.64. The van der Waals surface area contributed by atoms with Crippen LogP contribution in [0.4, 0.5) is 0 Å². The first-order valence-electron chi connectivity index (χ1n) is 8.89. The van der Waals surface area contributed by atoms with Crippen molar-refractivity contribution in [3.63, 3.8) is 0 Å². The highest BCUT2D eigenvalue weighted by molar-refractivity contribution is 8.22. The second-order valence-electron chi connectivity index (χ2n) is 6.19. The third-order valence-electron chi connectivity index (χ3n) is 4.88. The fourth-order valence-electron chi connectivity index (χ4n) is 3.67. The Bertz CT molecular complexity index is 333. The van der Waals surface area contributed by atoms with E-state index in [1.54, 1.807) is 9.81 Å². The van der Waals surface area contributed by atoms with Crippen LogP contribution >= 0.6 is 23.5 Å². The molecule has 0 bridgehead atoms. The summed E-state index contributed by atoms with van der Waals surface area (Å²) < 4.78 is 1.55. The lowest BCUT2D eigenvalue weighted by Crippen LogP contribution is -2.35. The first-order valence-corrected chi connectivity index (χ1v) is 11.1. The van der Waals surface area contributed by atoms with Gasteiger partial charge in [-0.15, -0.1) is 23.5 Å². The lowest BCUT2D eigenvalue weighted by molar-refractivity contribution is -0.188. The quantitative estimate of drug-likeness (QED) is 0.669. The molecule has 4 heteroatoms. The highest BCUT2D eigenvalue weighted by Gasteiger charge is 2.35. The van der Waals surface area contributed by atoms with Gasteiger partial charge in [0.05, 0.1) is 0 Å². The van der Waals surface area contributed by atoms with Crippen LogP contribution in [0.25, 0.3) is 0 Å². The Morgan fingerprint density at radius 2 is 1.55 bits per heavy atom. The van der Waals surface area contributed by atoms with Gasteiger partial charge in [-0.05, 0) is 62.4 Å². The number of hydrogen-bond donors (Lipinski definition) is 2. The molecule has 0 aromatic carbocycles. The summed E-state index contributed by atoms with van der Waals surface area (Å²) in [7, 11) is 0. The van der Waals surface area contributed by atoms with Gasteiger partial charge in [0.15, 0.2) is 5.79 Å². The van der Waals surface area contributed by atoms with Crippen molar-refractivity contribution in [1.29, 1.82) is 0 Å². The van der Waals surface area contributed by atoms with Crippen LogP contribution in [0.3, 0.4) is 0 Å². The molecule has 0 heterocycles. The van der Waals surface area contributed by atoms with Gasteiger partial charge >= 0.3 is 0 Å². The fourth-order valence-corrected chi connectivity index (χ4v) is 5.66. The molecule has 0 radical (unpaired) electrons. The number of allylic oxidation sites excluding steroid dienone is 1. The Kier molecular flexibility index (Phi) is 9.53. The Morgan fingerprint density at radius 3 is 2.00 bits per heavy atom. The molecule has 0 aliphatic heterocycles. The van der Waals surface area contributed by atoms with Gasteiger partial charge in [-0.1, -0.05) is 26.3 Å². The monoisotopic (exact) mass is 346 g/mol. The minimum absolute atomic E-state index is 0.568. The number of thioether (sulfide) groups is 2. The zero-order valence-electron chi connectivity index (χ0n) is 14.7. The molecule has 2 rings (SSSR count). The summed E-state index contributed by atoms with van der Waals surface area (Å²) in [6.07, 6.45) is 10.4. The molecule has 2 aliphatic carbocycles. The van der Waals surface area contributed by atoms with E-state index < -0.39 is 5.79 Å². The molecule has 2 nitrogen and oxygen atoms in total. The van der Waals surface area contributed by atoms with Crippen LogP contribution in [0.15, 0.2) is 9.81 Å². The lowest BCUT2D eigenvalue weighted by atomic mass is 9.71. The molecule has 0 aromatic heterocycles. The van der Waals surface area contributed by atoms with Gasteiger partial charge in [-0.25, -0.2) is 0 Å². The van der Waals surface area contributed by atoms with Crippen molar-refractivity contribution in [3.05, 3.63) is 9.81 Å². The van der Waals surface area contributed by atoms with Crippen LogP contribution in [0, 0.1) is 11.8 Å². The lowest BCUT2D eigenvalue weighted by Gasteiger charge is -2.38. The summed E-state index contributed by atoms with van der Waals surface area (Å²) in [6, 6.07) is 0. The van der Waals surface area contributed by atoms with Crippen LogP contribution in [-0.4, -0.2) is 28.0 Å². The number of rotatable bonds is 4. The van der Waals surface area contributed by atoms with Crippen LogP contribution in [-0.2, 0) is 0 Å². The van der Waals surface area contributed by atoms with Crippen molar-refractivity contribution in [2.24, 2.45) is 11.8 Å². The second kappa shape index (κ2) is 10.3. The summed E-state index contributed by atoms with van der Waals surface area (Å²) in [5, 5.41) is 19.3. The summed E-state index contributed by atoms with van der Waals surface area (Å²) in [5.74, 6) is 1.32. The van der Waals surface area contributed by atoms with Crippen molar-refractivity contribution in [2.75, 3.05) is 12.0 Å². The highest BCUT2D eigenvalue weighted by atomic mass is 32.2. The molecular weight excluding hydrogens is 312 g/mol. The van der Waals surface area contributed by atoms with E-state index in [4.69, 9.17) is 0 Å². The molecule has 0 aromatic rings. The number of hydrogen-bond acceptors (Lipinski definition) is 4. The van der Waals surface area contributed by atoms with Gasteiger partial charge in [0, 0.05) is 17.1 Å². The summed E-state index contributed by atoms with van der Waals surface area (Å²) in [4.78, 5) is 0. The van der Waals surface area contributed by atoms with Crippen LogP contribution in [0.2, 0.25) is 0 Å². The Morgan fingerprint density at radius 1 is 1.05 bits per heavy atom. The molecular formula is C18H34O2S2. The molecule has 0 atom stereocenters. The zero-order chi connectivity index (χ0) is 16.6. The Balaban J connectivity index is 0.00000116. The van der Waals surface area contributed by atoms with Crippen LogP contribution in [0.5, 0.6) is 0 Å². The second-order valence-corrected chi connectivity index (χ2v) is 8.53. The zero-order valence-corrected chi connectivity index (χ0v) is 16.4. The minimum Gasteiger partial charge on any atom is -0.366 e. The topological polar surface area (TPSA) is 40.5 Å². The SMILES string of the molecule is CC.CCSC(SC)=C1CCC(C2CCC(O)(O)CC2)CC1. The average molecular weight is 347 g/mol. The van der Waals surface area contributed by atoms with E-state index in [0.717, 1.165) is 24.7 Å². The van der Waals surface area contributed by atoms with Gasteiger partial charge < -0.3 is 10.2 Å². The van der Waals surface area contributed by atoms with Gasteiger partial charge in [-0.2, -0.15) is 0 Å². The normalized spacial score (nSPS) is 25.4. The minimum atomic E-state index is -1.37. The Hall–Kier alpha value is 0.360. The van der Waals surface area contributed by atoms with Crippen molar-refractivity contribution >= 4 is 23.5 Å². The molecule has 22 heavy (non-hydrogen) atoms. The molecule has 0 amide bonds. The van der Waals surface area contributed by atoms with Crippen molar-refractivity contribution < 1.29 is 10.2 Å². The van der Waals surface area contributed by atoms with E-state index in [9.17, 15) is 10.2 Å². The number of aliphatic hydroxyl groups is 2. The molecule has 2 fully saturated rings. The molecule has 0 saturated heterocycles. The van der Waals surface area contributed by atoms with Crippen LogP contribution < -0.4 is 0 Å². The van der Waals surface area contributed by atoms with Gasteiger partial charge in [0.2, 0.25) is 0 Å². The molecule has 2 N–H and O–H groups in total. The van der Waals surface area contributed by atoms with E-state index in [0.29, 0.717) is 12.8 Å². The van der Waals surface area contributed by atoms with Crippen molar-refractivity contribution in [3.8, 4) is 0 Å². The maximum Gasteiger partial charge on any atom is 0.162 e. The highest BCUT2D eigenvalue weighted by Crippen LogP contribution is 2.44. The molecule has 130 valence electrons. The predicted molar refractivity (Wildman–Crippen MR) is 101 cm³/mol. The van der Waals surface area contributed by atoms with Gasteiger partial charge in [0.1, 0.15) is 0 Å². The van der Waals surface area contributed by atoms with Gasteiger partial charge in [0.25, 0.3) is 0 Å². The summed E-state index contributed by atoms with van der Waals surface area (Å²) in [5.41, 5.74) is 1.68. The maximum atomic E-state index is 9.64. The largest absolute Gasteiger partial charge is 0.366 e. The molecule has 0 spiro atoms.